The van der Waals surface area contributed by atoms with Gasteiger partial charge in [-0.1, -0.05) is 0 Å². The van der Waals surface area contributed by atoms with Crippen LogP contribution in [0.5, 0.6) is 5.75 Å². The van der Waals surface area contributed by atoms with Crippen molar-refractivity contribution in [3.05, 3.63) is 42.2 Å². The van der Waals surface area contributed by atoms with Crippen LogP contribution in [0.4, 0.5) is 0 Å². The van der Waals surface area contributed by atoms with Gasteiger partial charge in [0, 0.05) is 19.4 Å². The fourth-order valence-electron chi connectivity index (χ4n) is 1.27. The van der Waals surface area contributed by atoms with E-state index in [9.17, 15) is 0 Å². The molecule has 0 aliphatic rings. The Bertz CT molecular complexity index is 451. The smallest absolute Gasteiger partial charge is 0.146 e. The molecule has 0 atom stereocenters. The zero-order valence-electron chi connectivity index (χ0n) is 9.00. The van der Waals surface area contributed by atoms with Crippen molar-refractivity contribution in [2.45, 2.75) is 13.2 Å². The number of aliphatic hydroxyl groups excluding tert-OH is 1. The van der Waals surface area contributed by atoms with E-state index in [0.717, 1.165) is 5.82 Å². The van der Waals surface area contributed by atoms with Gasteiger partial charge in [0.05, 0.1) is 18.5 Å². The molecule has 84 valence electrons. The average Bonchev–Trinajstić information content (AvgIpc) is 2.73. The molecule has 1 N–H and O–H groups in total. The van der Waals surface area contributed by atoms with Gasteiger partial charge in [-0.15, -0.1) is 0 Å². The second-order valence-electron chi connectivity index (χ2n) is 3.39. The number of rotatable bonds is 4. The molecule has 0 spiro atoms. The summed E-state index contributed by atoms with van der Waals surface area (Å²) < 4.78 is 7.40. The first-order chi connectivity index (χ1) is 7.79. The highest BCUT2D eigenvalue weighted by molar-refractivity contribution is 5.19. The molecule has 0 unspecified atom stereocenters. The van der Waals surface area contributed by atoms with Gasteiger partial charge in [0.15, 0.2) is 0 Å². The van der Waals surface area contributed by atoms with Gasteiger partial charge < -0.3 is 14.4 Å². The molecule has 0 aliphatic carbocycles. The highest BCUT2D eigenvalue weighted by atomic mass is 16.5. The van der Waals surface area contributed by atoms with Gasteiger partial charge in [-0.05, 0) is 12.1 Å². The first-order valence-corrected chi connectivity index (χ1v) is 4.94. The third-order valence-electron chi connectivity index (χ3n) is 2.25. The molecule has 0 fully saturated rings. The molecule has 2 heterocycles. The molecule has 2 aromatic rings. The van der Waals surface area contributed by atoms with Crippen molar-refractivity contribution in [1.82, 2.24) is 14.5 Å². The first-order valence-electron chi connectivity index (χ1n) is 4.94. The SMILES string of the molecule is Cn1ccnc1COc1ccc(CO)nc1. The van der Waals surface area contributed by atoms with Crippen LogP contribution in [-0.4, -0.2) is 19.6 Å². The van der Waals surface area contributed by atoms with Crippen LogP contribution in [0.2, 0.25) is 0 Å². The molecule has 0 saturated heterocycles. The van der Waals surface area contributed by atoms with Crippen LogP contribution >= 0.6 is 0 Å². The molecule has 0 aromatic carbocycles. The normalized spacial score (nSPS) is 10.4. The quantitative estimate of drug-likeness (QED) is 0.829. The van der Waals surface area contributed by atoms with Gasteiger partial charge in [0.25, 0.3) is 0 Å². The zero-order valence-corrected chi connectivity index (χ0v) is 9.00. The summed E-state index contributed by atoms with van der Waals surface area (Å²) in [6.45, 7) is 0.350. The third kappa shape index (κ3) is 2.38. The minimum absolute atomic E-state index is 0.0559. The molecule has 0 bridgehead atoms. The summed E-state index contributed by atoms with van der Waals surface area (Å²) >= 11 is 0. The van der Waals surface area contributed by atoms with E-state index in [4.69, 9.17) is 9.84 Å². The summed E-state index contributed by atoms with van der Waals surface area (Å²) in [5.41, 5.74) is 0.629. The lowest BCUT2D eigenvalue weighted by molar-refractivity contribution is 0.273. The van der Waals surface area contributed by atoms with Crippen molar-refractivity contribution in [2.24, 2.45) is 7.05 Å². The number of ether oxygens (including phenoxy) is 1. The monoisotopic (exact) mass is 219 g/mol. The Morgan fingerprint density at radius 2 is 2.25 bits per heavy atom. The van der Waals surface area contributed by atoms with Crippen LogP contribution in [0.1, 0.15) is 11.5 Å². The molecule has 0 aliphatic heterocycles. The largest absolute Gasteiger partial charge is 0.484 e. The lowest BCUT2D eigenvalue weighted by Crippen LogP contribution is -2.03. The Labute approximate surface area is 93.3 Å². The minimum Gasteiger partial charge on any atom is -0.484 e. The summed E-state index contributed by atoms with van der Waals surface area (Å²) in [7, 11) is 1.92. The fraction of sp³-hybridized carbons (Fsp3) is 0.273. The molecule has 2 rings (SSSR count). The molecule has 2 aromatic heterocycles. The standard InChI is InChI=1S/C11H13N3O2/c1-14-5-4-12-11(14)8-16-10-3-2-9(7-15)13-6-10/h2-6,15H,7-8H2,1H3. The van der Waals surface area contributed by atoms with E-state index < -0.39 is 0 Å². The number of aryl methyl sites for hydroxylation is 1. The molecule has 0 saturated carbocycles. The number of pyridine rings is 1. The van der Waals surface area contributed by atoms with Gasteiger partial charge in [-0.2, -0.15) is 0 Å². The lowest BCUT2D eigenvalue weighted by Gasteiger charge is -2.05. The Kier molecular flexibility index (Phi) is 3.16. The molecule has 16 heavy (non-hydrogen) atoms. The third-order valence-corrected chi connectivity index (χ3v) is 2.25. The van der Waals surface area contributed by atoms with Crippen LogP contribution in [-0.2, 0) is 20.3 Å². The van der Waals surface area contributed by atoms with Gasteiger partial charge >= 0.3 is 0 Å². The van der Waals surface area contributed by atoms with Crippen LogP contribution in [0.15, 0.2) is 30.7 Å². The summed E-state index contributed by atoms with van der Waals surface area (Å²) in [4.78, 5) is 8.16. The van der Waals surface area contributed by atoms with Crippen LogP contribution in [0, 0.1) is 0 Å². The van der Waals surface area contributed by atoms with E-state index in [1.54, 1.807) is 24.5 Å². The topological polar surface area (TPSA) is 60.2 Å². The number of hydrogen-bond donors (Lipinski definition) is 1. The van der Waals surface area contributed by atoms with Gasteiger partial charge in [0.2, 0.25) is 0 Å². The van der Waals surface area contributed by atoms with Crippen LogP contribution in [0.3, 0.4) is 0 Å². The van der Waals surface area contributed by atoms with E-state index in [0.29, 0.717) is 18.1 Å². The second-order valence-corrected chi connectivity index (χ2v) is 3.39. The Balaban J connectivity index is 1.97. The van der Waals surface area contributed by atoms with Gasteiger partial charge in [0.1, 0.15) is 18.2 Å². The highest BCUT2D eigenvalue weighted by Crippen LogP contribution is 2.11. The fourth-order valence-corrected chi connectivity index (χ4v) is 1.27. The van der Waals surface area contributed by atoms with E-state index in [1.165, 1.54) is 0 Å². The highest BCUT2D eigenvalue weighted by Gasteiger charge is 2.01. The van der Waals surface area contributed by atoms with Crippen molar-refractivity contribution < 1.29 is 9.84 Å². The predicted octanol–water partition coefficient (Wildman–Crippen LogP) is 0.886. The average molecular weight is 219 g/mol. The Morgan fingerprint density at radius 1 is 1.38 bits per heavy atom. The summed E-state index contributed by atoms with van der Waals surface area (Å²) in [6, 6.07) is 3.51. The number of imidazole rings is 1. The number of aliphatic hydroxyl groups is 1. The minimum atomic E-state index is -0.0559. The van der Waals surface area contributed by atoms with E-state index in [2.05, 4.69) is 9.97 Å². The lowest BCUT2D eigenvalue weighted by atomic mass is 10.3. The maximum Gasteiger partial charge on any atom is 0.146 e. The van der Waals surface area contributed by atoms with E-state index in [1.807, 2.05) is 17.8 Å². The Hall–Kier alpha value is -1.88. The maximum atomic E-state index is 8.83. The molecule has 5 heteroatoms. The summed E-state index contributed by atoms with van der Waals surface area (Å²) in [5, 5.41) is 8.83. The van der Waals surface area contributed by atoms with E-state index >= 15 is 0 Å². The van der Waals surface area contributed by atoms with E-state index in [-0.39, 0.29) is 6.61 Å². The second kappa shape index (κ2) is 4.76. The van der Waals surface area contributed by atoms with Crippen LogP contribution in [0.25, 0.3) is 0 Å². The number of hydrogen-bond acceptors (Lipinski definition) is 4. The van der Waals surface area contributed by atoms with Crippen molar-refractivity contribution in [3.8, 4) is 5.75 Å². The molecule has 0 amide bonds. The van der Waals surface area contributed by atoms with Crippen molar-refractivity contribution in [3.63, 3.8) is 0 Å². The summed E-state index contributed by atoms with van der Waals surface area (Å²) in [5.74, 6) is 1.52. The molecular weight excluding hydrogens is 206 g/mol. The van der Waals surface area contributed by atoms with Gasteiger partial charge in [-0.3, -0.25) is 4.98 Å². The summed E-state index contributed by atoms with van der Waals surface area (Å²) in [6.07, 6.45) is 5.19. The first kappa shape index (κ1) is 10.6. The molecule has 0 radical (unpaired) electrons. The van der Waals surface area contributed by atoms with Crippen LogP contribution < -0.4 is 4.74 Å². The predicted molar refractivity (Wildman–Crippen MR) is 57.7 cm³/mol. The van der Waals surface area contributed by atoms with Gasteiger partial charge in [-0.25, -0.2) is 4.98 Å². The molecule has 5 nitrogen and oxygen atoms in total. The number of aromatic nitrogens is 3. The number of nitrogens with zero attached hydrogens (tertiary/aromatic N) is 3. The van der Waals surface area contributed by atoms with Crippen molar-refractivity contribution in [1.29, 1.82) is 0 Å². The van der Waals surface area contributed by atoms with Crippen molar-refractivity contribution >= 4 is 0 Å². The van der Waals surface area contributed by atoms with Crippen molar-refractivity contribution in [2.75, 3.05) is 0 Å². The zero-order chi connectivity index (χ0) is 11.4. The maximum absolute atomic E-state index is 8.83. The Morgan fingerprint density at radius 3 is 2.81 bits per heavy atom. The molecular formula is C11H13N3O2.